The quantitative estimate of drug-likeness (QED) is 0.325. The number of carbonyl (C=O) groups excluding carboxylic acids is 1. The van der Waals surface area contributed by atoms with Crippen molar-refractivity contribution < 1.29 is 19.0 Å². The van der Waals surface area contributed by atoms with Gasteiger partial charge in [-0.15, -0.1) is 0 Å². The Morgan fingerprint density at radius 3 is 2.61 bits per heavy atom. The fourth-order valence-electron chi connectivity index (χ4n) is 3.36. The number of anilines is 1. The van der Waals surface area contributed by atoms with Crippen molar-refractivity contribution in [3.8, 4) is 17.2 Å². The number of benzene rings is 2. The van der Waals surface area contributed by atoms with E-state index in [1.807, 2.05) is 90.4 Å². The summed E-state index contributed by atoms with van der Waals surface area (Å²) in [7, 11) is 0. The van der Waals surface area contributed by atoms with Gasteiger partial charge in [0.25, 0.3) is 0 Å². The van der Waals surface area contributed by atoms with Crippen LogP contribution in [0.5, 0.6) is 17.2 Å². The van der Waals surface area contributed by atoms with Gasteiger partial charge in [0.15, 0.2) is 11.5 Å². The van der Waals surface area contributed by atoms with E-state index in [4.69, 9.17) is 14.2 Å². The molecule has 0 unspecified atom stereocenters. The normalized spacial score (nSPS) is 10.7. The summed E-state index contributed by atoms with van der Waals surface area (Å²) in [5, 5.41) is 2.91. The summed E-state index contributed by atoms with van der Waals surface area (Å²) in [5.41, 5.74) is 2.40. The molecule has 33 heavy (non-hydrogen) atoms. The molecule has 4 rings (SSSR count). The molecule has 0 radical (unpaired) electrons. The second-order valence-corrected chi connectivity index (χ2v) is 7.39. The summed E-state index contributed by atoms with van der Waals surface area (Å²) in [6, 6.07) is 20.7. The first-order valence-electron chi connectivity index (χ1n) is 11.0. The van der Waals surface area contributed by atoms with Gasteiger partial charge < -0.3 is 23.9 Å². The highest BCUT2D eigenvalue weighted by atomic mass is 16.5. The molecule has 0 bridgehead atoms. The average molecular weight is 446 g/mol. The number of fused-ring (bicyclic) bond motifs is 1. The fourth-order valence-corrected chi connectivity index (χ4v) is 3.36. The van der Waals surface area contributed by atoms with Crippen molar-refractivity contribution in [2.24, 2.45) is 0 Å². The number of para-hydroxylation sites is 2. The van der Waals surface area contributed by atoms with E-state index < -0.39 is 0 Å². The standard InChI is InChI=1S/C26H27N3O4/c1-2-31-23-11-3-4-12-24(23)32-16-8-14-26(30)28-20-9-7-10-22(17-20)33-19-21-18-29-15-6-5-13-25(29)27-21/h3-7,9-13,15,17-18H,2,8,14,16,19H2,1H3,(H,28,30). The van der Waals surface area contributed by atoms with Crippen LogP contribution in [0.4, 0.5) is 5.69 Å². The molecule has 2 aromatic carbocycles. The number of aromatic nitrogens is 2. The first-order chi connectivity index (χ1) is 16.2. The number of nitrogens with zero attached hydrogens (tertiary/aromatic N) is 2. The van der Waals surface area contributed by atoms with Gasteiger partial charge >= 0.3 is 0 Å². The summed E-state index contributed by atoms with van der Waals surface area (Å²) in [5.74, 6) is 2.00. The third-order valence-corrected chi connectivity index (χ3v) is 4.87. The van der Waals surface area contributed by atoms with Crippen molar-refractivity contribution in [2.75, 3.05) is 18.5 Å². The average Bonchev–Trinajstić information content (AvgIpc) is 3.25. The smallest absolute Gasteiger partial charge is 0.224 e. The Kier molecular flexibility index (Phi) is 7.43. The predicted octanol–water partition coefficient (Wildman–Crippen LogP) is 5.11. The lowest BCUT2D eigenvalue weighted by Gasteiger charge is -2.11. The highest BCUT2D eigenvalue weighted by Crippen LogP contribution is 2.26. The minimum Gasteiger partial charge on any atom is -0.490 e. The van der Waals surface area contributed by atoms with Gasteiger partial charge in [0.1, 0.15) is 18.0 Å². The van der Waals surface area contributed by atoms with Gasteiger partial charge in [-0.2, -0.15) is 0 Å². The molecular formula is C26H27N3O4. The van der Waals surface area contributed by atoms with Crippen molar-refractivity contribution in [1.29, 1.82) is 0 Å². The summed E-state index contributed by atoms with van der Waals surface area (Å²) < 4.78 is 19.1. The fraction of sp³-hybridized carbons (Fsp3) is 0.231. The molecule has 0 fully saturated rings. The van der Waals surface area contributed by atoms with E-state index in [2.05, 4.69) is 10.3 Å². The molecule has 0 aliphatic carbocycles. The molecule has 4 aromatic rings. The van der Waals surface area contributed by atoms with Gasteiger partial charge in [0, 0.05) is 30.6 Å². The number of hydrogen-bond donors (Lipinski definition) is 1. The SMILES string of the molecule is CCOc1ccccc1OCCCC(=O)Nc1cccc(OCc2cn3ccccc3n2)c1. The largest absolute Gasteiger partial charge is 0.490 e. The number of pyridine rings is 1. The van der Waals surface area contributed by atoms with Crippen LogP contribution in [0, 0.1) is 0 Å². The Labute approximate surface area is 192 Å². The van der Waals surface area contributed by atoms with Crippen LogP contribution in [-0.2, 0) is 11.4 Å². The maximum atomic E-state index is 12.3. The van der Waals surface area contributed by atoms with Gasteiger partial charge in [-0.1, -0.05) is 24.3 Å². The maximum absolute atomic E-state index is 12.3. The van der Waals surface area contributed by atoms with Gasteiger partial charge in [0.05, 0.1) is 18.9 Å². The zero-order valence-corrected chi connectivity index (χ0v) is 18.6. The number of imidazole rings is 1. The molecule has 170 valence electrons. The van der Waals surface area contributed by atoms with E-state index >= 15 is 0 Å². The molecule has 7 heteroatoms. The minimum atomic E-state index is -0.0748. The lowest BCUT2D eigenvalue weighted by Crippen LogP contribution is -2.13. The van der Waals surface area contributed by atoms with E-state index in [-0.39, 0.29) is 5.91 Å². The van der Waals surface area contributed by atoms with Crippen molar-refractivity contribution in [2.45, 2.75) is 26.4 Å². The van der Waals surface area contributed by atoms with Crippen molar-refractivity contribution in [1.82, 2.24) is 9.38 Å². The molecule has 0 aliphatic rings. The number of carbonyl (C=O) groups is 1. The molecule has 0 atom stereocenters. The number of hydrogen-bond acceptors (Lipinski definition) is 5. The zero-order valence-electron chi connectivity index (χ0n) is 18.6. The molecule has 0 aliphatic heterocycles. The Hall–Kier alpha value is -4.00. The first-order valence-corrected chi connectivity index (χ1v) is 11.0. The van der Waals surface area contributed by atoms with Crippen molar-refractivity contribution >= 4 is 17.2 Å². The van der Waals surface area contributed by atoms with Gasteiger partial charge in [0.2, 0.25) is 5.91 Å². The molecule has 1 N–H and O–H groups in total. The predicted molar refractivity (Wildman–Crippen MR) is 127 cm³/mol. The summed E-state index contributed by atoms with van der Waals surface area (Å²) in [6.07, 6.45) is 4.83. The summed E-state index contributed by atoms with van der Waals surface area (Å²) in [4.78, 5) is 16.9. The number of ether oxygens (including phenoxy) is 3. The van der Waals surface area contributed by atoms with Gasteiger partial charge in [-0.25, -0.2) is 4.98 Å². The van der Waals surface area contributed by atoms with Crippen LogP contribution in [0.25, 0.3) is 5.65 Å². The van der Waals surface area contributed by atoms with Crippen LogP contribution in [-0.4, -0.2) is 28.5 Å². The van der Waals surface area contributed by atoms with Crippen LogP contribution in [0.15, 0.2) is 79.1 Å². The van der Waals surface area contributed by atoms with Crippen molar-refractivity contribution in [3.63, 3.8) is 0 Å². The molecule has 0 saturated heterocycles. The van der Waals surface area contributed by atoms with E-state index in [1.165, 1.54) is 0 Å². The number of nitrogens with one attached hydrogen (secondary N) is 1. The molecular weight excluding hydrogens is 418 g/mol. The minimum absolute atomic E-state index is 0.0748. The number of amides is 1. The maximum Gasteiger partial charge on any atom is 0.224 e. The molecule has 7 nitrogen and oxygen atoms in total. The first kappa shape index (κ1) is 22.2. The van der Waals surface area contributed by atoms with Gasteiger partial charge in [-0.3, -0.25) is 4.79 Å². The van der Waals surface area contributed by atoms with Crippen LogP contribution < -0.4 is 19.5 Å². The van der Waals surface area contributed by atoms with Crippen LogP contribution in [0.1, 0.15) is 25.5 Å². The Bertz CT molecular complexity index is 1170. The third kappa shape index (κ3) is 6.26. The van der Waals surface area contributed by atoms with Crippen LogP contribution >= 0.6 is 0 Å². The molecule has 0 spiro atoms. The second kappa shape index (κ2) is 11.0. The van der Waals surface area contributed by atoms with E-state index in [1.54, 1.807) is 0 Å². The Balaban J connectivity index is 1.23. The Morgan fingerprint density at radius 2 is 1.79 bits per heavy atom. The van der Waals surface area contributed by atoms with Gasteiger partial charge in [-0.05, 0) is 49.7 Å². The number of rotatable bonds is 11. The van der Waals surface area contributed by atoms with Crippen molar-refractivity contribution in [3.05, 3.63) is 84.8 Å². The highest BCUT2D eigenvalue weighted by molar-refractivity contribution is 5.90. The van der Waals surface area contributed by atoms with E-state index in [9.17, 15) is 4.79 Å². The second-order valence-electron chi connectivity index (χ2n) is 7.39. The highest BCUT2D eigenvalue weighted by Gasteiger charge is 2.07. The lowest BCUT2D eigenvalue weighted by molar-refractivity contribution is -0.116. The Morgan fingerprint density at radius 1 is 0.970 bits per heavy atom. The molecule has 0 saturated carbocycles. The lowest BCUT2D eigenvalue weighted by atomic mass is 10.2. The summed E-state index contributed by atoms with van der Waals surface area (Å²) >= 11 is 0. The van der Waals surface area contributed by atoms with E-state index in [0.29, 0.717) is 55.6 Å². The molecule has 2 heterocycles. The van der Waals surface area contributed by atoms with E-state index in [0.717, 1.165) is 11.3 Å². The molecule has 1 amide bonds. The zero-order chi connectivity index (χ0) is 22.9. The van der Waals surface area contributed by atoms with Crippen LogP contribution in [0.3, 0.4) is 0 Å². The third-order valence-electron chi connectivity index (χ3n) is 4.87. The topological polar surface area (TPSA) is 74.1 Å². The molecule has 2 aromatic heterocycles. The summed E-state index contributed by atoms with van der Waals surface area (Å²) in [6.45, 7) is 3.28. The monoisotopic (exact) mass is 445 g/mol. The van der Waals surface area contributed by atoms with Crippen LogP contribution in [0.2, 0.25) is 0 Å².